The number of rotatable bonds is 1. The molecule has 1 N–H and O–H groups in total. The molecule has 0 unspecified atom stereocenters. The third-order valence-corrected chi connectivity index (χ3v) is 3.91. The highest BCUT2D eigenvalue weighted by atomic mass is 16.2. The number of fused-ring (bicyclic) bond motifs is 2. The highest BCUT2D eigenvalue weighted by Crippen LogP contribution is 2.19. The Kier molecular flexibility index (Phi) is 2.57. The van der Waals surface area contributed by atoms with E-state index in [0.29, 0.717) is 25.3 Å². The molecule has 0 atom stereocenters. The Bertz CT molecular complexity index is 832. The molecule has 0 fully saturated rings. The van der Waals surface area contributed by atoms with Gasteiger partial charge in [-0.1, -0.05) is 12.1 Å². The van der Waals surface area contributed by atoms with E-state index in [9.17, 15) is 4.79 Å². The lowest BCUT2D eigenvalue weighted by atomic mass is 10.2. The molecule has 0 saturated carbocycles. The molecule has 6 heteroatoms. The average molecular weight is 281 g/mol. The molecule has 6 nitrogen and oxygen atoms in total. The highest BCUT2D eigenvalue weighted by Gasteiger charge is 2.24. The van der Waals surface area contributed by atoms with Gasteiger partial charge in [0, 0.05) is 17.4 Å². The van der Waals surface area contributed by atoms with Crippen LogP contribution in [0.1, 0.15) is 21.9 Å². The van der Waals surface area contributed by atoms with E-state index in [1.54, 1.807) is 0 Å². The maximum atomic E-state index is 12.6. The highest BCUT2D eigenvalue weighted by molar-refractivity contribution is 5.98. The van der Waals surface area contributed by atoms with Gasteiger partial charge in [-0.25, -0.2) is 9.67 Å². The standard InChI is InChI=1S/C15H15N5O/c1-10-2-3-11-7-13(18-12(11)6-10)15(21)19-4-5-20-14(8-19)16-9-17-20/h2-3,6-7,9,18H,4-5,8H2,1H3. The predicted octanol–water partition coefficient (Wildman–Crippen LogP) is 1.72. The SMILES string of the molecule is Cc1ccc2cc(C(=O)N3CCn4ncnc4C3)[nH]c2c1. The molecule has 3 aromatic rings. The molecule has 1 amide bonds. The first-order valence-corrected chi connectivity index (χ1v) is 6.96. The topological polar surface area (TPSA) is 66.8 Å². The normalized spacial score (nSPS) is 14.4. The number of nitrogens with one attached hydrogen (secondary N) is 1. The number of hydrogen-bond acceptors (Lipinski definition) is 3. The van der Waals surface area contributed by atoms with Crippen LogP contribution in [-0.2, 0) is 13.1 Å². The number of H-pyrrole nitrogens is 1. The lowest BCUT2D eigenvalue weighted by molar-refractivity contribution is 0.0697. The Labute approximate surface area is 121 Å². The Hall–Kier alpha value is -2.63. The summed E-state index contributed by atoms with van der Waals surface area (Å²) in [4.78, 5) is 21.8. The lowest BCUT2D eigenvalue weighted by Gasteiger charge is -2.26. The maximum absolute atomic E-state index is 12.6. The summed E-state index contributed by atoms with van der Waals surface area (Å²) < 4.78 is 1.85. The summed E-state index contributed by atoms with van der Waals surface area (Å²) in [6.07, 6.45) is 1.54. The summed E-state index contributed by atoms with van der Waals surface area (Å²) >= 11 is 0. The van der Waals surface area contributed by atoms with Crippen molar-refractivity contribution in [3.63, 3.8) is 0 Å². The van der Waals surface area contributed by atoms with Crippen molar-refractivity contribution in [2.45, 2.75) is 20.0 Å². The van der Waals surface area contributed by atoms with E-state index in [1.165, 1.54) is 11.9 Å². The van der Waals surface area contributed by atoms with Crippen LogP contribution in [-0.4, -0.2) is 37.1 Å². The van der Waals surface area contributed by atoms with Gasteiger partial charge in [-0.15, -0.1) is 0 Å². The Morgan fingerprint density at radius 2 is 2.19 bits per heavy atom. The van der Waals surface area contributed by atoms with Gasteiger partial charge in [0.25, 0.3) is 5.91 Å². The van der Waals surface area contributed by atoms with E-state index in [0.717, 1.165) is 16.7 Å². The van der Waals surface area contributed by atoms with Gasteiger partial charge in [-0.3, -0.25) is 4.79 Å². The molecule has 106 valence electrons. The van der Waals surface area contributed by atoms with E-state index in [1.807, 2.05) is 34.7 Å². The van der Waals surface area contributed by atoms with Crippen molar-refractivity contribution in [2.24, 2.45) is 0 Å². The average Bonchev–Trinajstić information content (AvgIpc) is 3.11. The van der Waals surface area contributed by atoms with Gasteiger partial charge in [0.05, 0.1) is 13.1 Å². The van der Waals surface area contributed by atoms with E-state index >= 15 is 0 Å². The first-order chi connectivity index (χ1) is 10.2. The Balaban J connectivity index is 1.64. The number of nitrogens with zero attached hydrogens (tertiary/aromatic N) is 4. The molecule has 0 radical (unpaired) electrons. The number of carbonyl (C=O) groups excluding carboxylic acids is 1. The van der Waals surface area contributed by atoms with Crippen molar-refractivity contribution in [2.75, 3.05) is 6.54 Å². The first-order valence-electron chi connectivity index (χ1n) is 6.96. The summed E-state index contributed by atoms with van der Waals surface area (Å²) in [7, 11) is 0. The number of carbonyl (C=O) groups is 1. The predicted molar refractivity (Wildman–Crippen MR) is 77.8 cm³/mol. The molecule has 21 heavy (non-hydrogen) atoms. The van der Waals surface area contributed by atoms with Crippen molar-refractivity contribution >= 4 is 16.8 Å². The number of benzene rings is 1. The lowest BCUT2D eigenvalue weighted by Crippen LogP contribution is -2.38. The first kappa shape index (κ1) is 12.1. The third-order valence-electron chi connectivity index (χ3n) is 3.91. The van der Waals surface area contributed by atoms with Crippen LogP contribution in [0.25, 0.3) is 10.9 Å². The monoisotopic (exact) mass is 281 g/mol. The number of aryl methyl sites for hydroxylation is 1. The van der Waals surface area contributed by atoms with Crippen LogP contribution in [0, 0.1) is 6.92 Å². The summed E-state index contributed by atoms with van der Waals surface area (Å²) in [6, 6.07) is 8.05. The smallest absolute Gasteiger partial charge is 0.270 e. The minimum absolute atomic E-state index is 0.0121. The molecular weight excluding hydrogens is 266 g/mol. The van der Waals surface area contributed by atoms with Crippen LogP contribution in [0.15, 0.2) is 30.6 Å². The van der Waals surface area contributed by atoms with Crippen LogP contribution < -0.4 is 0 Å². The number of amides is 1. The fourth-order valence-electron chi connectivity index (χ4n) is 2.76. The molecule has 1 aliphatic rings. The number of aromatic nitrogens is 4. The molecular formula is C15H15N5O. The minimum Gasteiger partial charge on any atom is -0.351 e. The zero-order valence-electron chi connectivity index (χ0n) is 11.7. The fourth-order valence-corrected chi connectivity index (χ4v) is 2.76. The van der Waals surface area contributed by atoms with Gasteiger partial charge in [-0.05, 0) is 24.6 Å². The zero-order valence-corrected chi connectivity index (χ0v) is 11.7. The van der Waals surface area contributed by atoms with Crippen molar-refractivity contribution in [3.05, 3.63) is 47.7 Å². The second kappa shape index (κ2) is 4.44. The molecule has 3 heterocycles. The molecule has 1 aliphatic heterocycles. The van der Waals surface area contributed by atoms with Crippen LogP contribution >= 0.6 is 0 Å². The van der Waals surface area contributed by atoms with Gasteiger partial charge in [0.1, 0.15) is 17.8 Å². The largest absolute Gasteiger partial charge is 0.351 e. The van der Waals surface area contributed by atoms with Gasteiger partial charge in [-0.2, -0.15) is 5.10 Å². The maximum Gasteiger partial charge on any atom is 0.270 e. The Morgan fingerprint density at radius 1 is 1.29 bits per heavy atom. The van der Waals surface area contributed by atoms with E-state index in [4.69, 9.17) is 0 Å². The molecule has 4 rings (SSSR count). The van der Waals surface area contributed by atoms with Gasteiger partial charge >= 0.3 is 0 Å². The Morgan fingerprint density at radius 3 is 3.10 bits per heavy atom. The summed E-state index contributed by atoms with van der Waals surface area (Å²) in [5, 5.41) is 5.19. The van der Waals surface area contributed by atoms with Crippen LogP contribution in [0.3, 0.4) is 0 Å². The number of hydrogen-bond donors (Lipinski definition) is 1. The second-order valence-electron chi connectivity index (χ2n) is 5.40. The molecule has 0 aliphatic carbocycles. The van der Waals surface area contributed by atoms with Crippen molar-refractivity contribution < 1.29 is 4.79 Å². The van der Waals surface area contributed by atoms with Crippen LogP contribution in [0.5, 0.6) is 0 Å². The molecule has 2 aromatic heterocycles. The number of aromatic amines is 1. The van der Waals surface area contributed by atoms with E-state index < -0.39 is 0 Å². The van der Waals surface area contributed by atoms with Gasteiger partial charge in [0.2, 0.25) is 0 Å². The summed E-state index contributed by atoms with van der Waals surface area (Å²) in [6.45, 7) is 3.90. The van der Waals surface area contributed by atoms with Crippen LogP contribution in [0.2, 0.25) is 0 Å². The van der Waals surface area contributed by atoms with Gasteiger partial charge < -0.3 is 9.88 Å². The molecule has 1 aromatic carbocycles. The quantitative estimate of drug-likeness (QED) is 0.738. The van der Waals surface area contributed by atoms with Crippen molar-refractivity contribution in [3.8, 4) is 0 Å². The molecule has 0 spiro atoms. The summed E-state index contributed by atoms with van der Waals surface area (Å²) in [5.74, 6) is 0.847. The second-order valence-corrected chi connectivity index (χ2v) is 5.40. The molecule has 0 saturated heterocycles. The fraction of sp³-hybridized carbons (Fsp3) is 0.267. The minimum atomic E-state index is 0.0121. The van der Waals surface area contributed by atoms with E-state index in [-0.39, 0.29) is 5.91 Å². The third kappa shape index (κ3) is 1.99. The van der Waals surface area contributed by atoms with Gasteiger partial charge in [0.15, 0.2) is 0 Å². The van der Waals surface area contributed by atoms with Crippen molar-refractivity contribution in [1.29, 1.82) is 0 Å². The van der Waals surface area contributed by atoms with E-state index in [2.05, 4.69) is 21.1 Å². The van der Waals surface area contributed by atoms with Crippen molar-refractivity contribution in [1.82, 2.24) is 24.6 Å². The zero-order chi connectivity index (χ0) is 14.4. The molecule has 0 bridgehead atoms. The summed E-state index contributed by atoms with van der Waals surface area (Å²) in [5.41, 5.74) is 2.80. The van der Waals surface area contributed by atoms with Crippen LogP contribution in [0.4, 0.5) is 0 Å².